The Morgan fingerprint density at radius 2 is 2.08 bits per heavy atom. The van der Waals surface area contributed by atoms with Crippen molar-refractivity contribution in [2.75, 3.05) is 6.61 Å². The molecular weight excluding hydrogens is 168 g/mol. The van der Waals surface area contributed by atoms with Crippen LogP contribution in [0.3, 0.4) is 0 Å². The van der Waals surface area contributed by atoms with Crippen LogP contribution in [0.2, 0.25) is 0 Å². The van der Waals surface area contributed by atoms with E-state index in [1.807, 2.05) is 13.8 Å². The van der Waals surface area contributed by atoms with Gasteiger partial charge in [0.1, 0.15) is 0 Å². The van der Waals surface area contributed by atoms with Crippen molar-refractivity contribution < 1.29 is 14.6 Å². The van der Waals surface area contributed by atoms with Crippen molar-refractivity contribution in [2.45, 2.75) is 33.3 Å². The molecule has 0 aliphatic heterocycles. The highest BCUT2D eigenvalue weighted by Gasteiger charge is 2.18. The molecule has 76 valence electrons. The number of aliphatic hydroxyl groups is 1. The van der Waals surface area contributed by atoms with Gasteiger partial charge in [0, 0.05) is 0 Å². The molecule has 0 amide bonds. The molecule has 0 aliphatic carbocycles. The predicted octanol–water partition coefficient (Wildman–Crippen LogP) is 1.51. The first kappa shape index (κ1) is 12.2. The van der Waals surface area contributed by atoms with Crippen molar-refractivity contribution >= 4 is 5.97 Å². The number of hydrogen-bond acceptors (Lipinski definition) is 3. The smallest absolute Gasteiger partial charge is 0.336 e. The Balaban J connectivity index is 4.02. The Bertz CT molecular complexity index is 185. The number of aliphatic hydroxyl groups excluding tert-OH is 1. The maximum Gasteiger partial charge on any atom is 0.336 e. The summed E-state index contributed by atoms with van der Waals surface area (Å²) in [6, 6.07) is 0. The van der Waals surface area contributed by atoms with Crippen molar-refractivity contribution in [1.29, 1.82) is 0 Å². The summed E-state index contributed by atoms with van der Waals surface area (Å²) in [7, 11) is 0. The molecule has 3 nitrogen and oxygen atoms in total. The lowest BCUT2D eigenvalue weighted by atomic mass is 10.0. The Morgan fingerprint density at radius 3 is 2.46 bits per heavy atom. The minimum atomic E-state index is -0.779. The van der Waals surface area contributed by atoms with Crippen LogP contribution < -0.4 is 0 Å². The Kier molecular flexibility index (Phi) is 5.39. The molecule has 0 fully saturated rings. The number of esters is 1. The average Bonchev–Trinajstić information content (AvgIpc) is 2.02. The first-order valence-electron chi connectivity index (χ1n) is 4.53. The summed E-state index contributed by atoms with van der Waals surface area (Å²) in [5, 5.41) is 9.48. The highest BCUT2D eigenvalue weighted by atomic mass is 16.5. The van der Waals surface area contributed by atoms with Crippen LogP contribution in [-0.4, -0.2) is 23.8 Å². The monoisotopic (exact) mass is 186 g/mol. The molecule has 0 saturated heterocycles. The molecular formula is C10H18O3. The second kappa shape index (κ2) is 5.75. The van der Waals surface area contributed by atoms with Crippen LogP contribution in [0.4, 0.5) is 0 Å². The van der Waals surface area contributed by atoms with Crippen LogP contribution in [0.5, 0.6) is 0 Å². The second-order valence-corrected chi connectivity index (χ2v) is 3.39. The number of carbonyl (C=O) groups excluding carboxylic acids is 1. The van der Waals surface area contributed by atoms with E-state index in [1.54, 1.807) is 6.92 Å². The summed E-state index contributed by atoms with van der Waals surface area (Å²) < 4.78 is 4.71. The van der Waals surface area contributed by atoms with Crippen LogP contribution >= 0.6 is 0 Å². The van der Waals surface area contributed by atoms with Crippen LogP contribution in [-0.2, 0) is 9.53 Å². The molecule has 0 heterocycles. The van der Waals surface area contributed by atoms with Crippen LogP contribution in [0.1, 0.15) is 27.2 Å². The quantitative estimate of drug-likeness (QED) is 0.523. The topological polar surface area (TPSA) is 46.5 Å². The third kappa shape index (κ3) is 4.68. The normalized spacial score (nSPS) is 12.7. The molecule has 0 spiro atoms. The van der Waals surface area contributed by atoms with E-state index in [2.05, 4.69) is 6.58 Å². The molecule has 1 atom stereocenters. The predicted molar refractivity (Wildman–Crippen MR) is 51.2 cm³/mol. The number of ether oxygens (including phenoxy) is 1. The van der Waals surface area contributed by atoms with Crippen LogP contribution in [0.15, 0.2) is 12.2 Å². The lowest BCUT2D eigenvalue weighted by Gasteiger charge is -2.14. The number of rotatable bonds is 5. The Labute approximate surface area is 79.4 Å². The van der Waals surface area contributed by atoms with Crippen molar-refractivity contribution in [1.82, 2.24) is 0 Å². The lowest BCUT2D eigenvalue weighted by molar-refractivity contribution is -0.139. The highest BCUT2D eigenvalue weighted by molar-refractivity contribution is 5.88. The van der Waals surface area contributed by atoms with Crippen LogP contribution in [0, 0.1) is 5.92 Å². The molecule has 0 saturated carbocycles. The first-order valence-corrected chi connectivity index (χ1v) is 4.53. The Morgan fingerprint density at radius 1 is 1.54 bits per heavy atom. The fourth-order valence-corrected chi connectivity index (χ4v) is 0.949. The minimum absolute atomic E-state index is 0.149. The average molecular weight is 186 g/mol. The molecule has 0 radical (unpaired) electrons. The SMILES string of the molecule is C=C(C(=O)OCC)C(O)CC(C)C. The molecule has 0 aromatic rings. The highest BCUT2D eigenvalue weighted by Crippen LogP contribution is 2.12. The number of carbonyl (C=O) groups is 1. The number of hydrogen-bond donors (Lipinski definition) is 1. The van der Waals surface area contributed by atoms with Gasteiger partial charge in [-0.1, -0.05) is 20.4 Å². The van der Waals surface area contributed by atoms with Crippen molar-refractivity contribution in [3.63, 3.8) is 0 Å². The van der Waals surface area contributed by atoms with E-state index < -0.39 is 12.1 Å². The molecule has 3 heteroatoms. The zero-order valence-electron chi connectivity index (χ0n) is 8.54. The van der Waals surface area contributed by atoms with Gasteiger partial charge in [-0.3, -0.25) is 0 Å². The van der Waals surface area contributed by atoms with Crippen molar-refractivity contribution in [3.05, 3.63) is 12.2 Å². The first-order chi connectivity index (χ1) is 5.99. The van der Waals surface area contributed by atoms with Gasteiger partial charge in [0.25, 0.3) is 0 Å². The van der Waals surface area contributed by atoms with E-state index in [0.717, 1.165) is 0 Å². The third-order valence-electron chi connectivity index (χ3n) is 1.63. The molecule has 0 aromatic carbocycles. The van der Waals surface area contributed by atoms with Gasteiger partial charge in [-0.15, -0.1) is 0 Å². The van der Waals surface area contributed by atoms with Crippen LogP contribution in [0.25, 0.3) is 0 Å². The summed E-state index contributed by atoms with van der Waals surface area (Å²) in [5.74, 6) is -0.170. The Hall–Kier alpha value is -0.830. The third-order valence-corrected chi connectivity index (χ3v) is 1.63. The summed E-state index contributed by atoms with van der Waals surface area (Å²) in [6.07, 6.45) is -0.239. The fourth-order valence-electron chi connectivity index (χ4n) is 0.949. The van der Waals surface area contributed by atoms with Gasteiger partial charge in [0.05, 0.1) is 18.3 Å². The maximum atomic E-state index is 11.1. The summed E-state index contributed by atoms with van der Waals surface area (Å²) in [4.78, 5) is 11.1. The molecule has 13 heavy (non-hydrogen) atoms. The maximum absolute atomic E-state index is 11.1. The van der Waals surface area contributed by atoms with E-state index in [-0.39, 0.29) is 5.57 Å². The van der Waals surface area contributed by atoms with Gasteiger partial charge in [0.15, 0.2) is 0 Å². The zero-order chi connectivity index (χ0) is 10.4. The van der Waals surface area contributed by atoms with E-state index in [9.17, 15) is 9.90 Å². The molecule has 1 unspecified atom stereocenters. The molecule has 0 aliphatic rings. The van der Waals surface area contributed by atoms with E-state index in [4.69, 9.17) is 4.74 Å². The van der Waals surface area contributed by atoms with Gasteiger partial charge in [-0.05, 0) is 19.3 Å². The van der Waals surface area contributed by atoms with Gasteiger partial charge >= 0.3 is 5.97 Å². The molecule has 1 N–H and O–H groups in total. The van der Waals surface area contributed by atoms with Crippen molar-refractivity contribution in [3.8, 4) is 0 Å². The minimum Gasteiger partial charge on any atom is -0.463 e. The second-order valence-electron chi connectivity index (χ2n) is 3.39. The van der Waals surface area contributed by atoms with Gasteiger partial charge < -0.3 is 9.84 Å². The van der Waals surface area contributed by atoms with E-state index in [0.29, 0.717) is 18.9 Å². The summed E-state index contributed by atoms with van der Waals surface area (Å²) >= 11 is 0. The van der Waals surface area contributed by atoms with E-state index >= 15 is 0 Å². The molecule has 0 aromatic heterocycles. The van der Waals surface area contributed by atoms with Crippen molar-refractivity contribution in [2.24, 2.45) is 5.92 Å². The van der Waals surface area contributed by atoms with Gasteiger partial charge in [-0.25, -0.2) is 4.79 Å². The summed E-state index contributed by atoms with van der Waals surface area (Å²) in [6.45, 7) is 9.48. The largest absolute Gasteiger partial charge is 0.463 e. The van der Waals surface area contributed by atoms with Gasteiger partial charge in [0.2, 0.25) is 0 Å². The summed E-state index contributed by atoms with van der Waals surface area (Å²) in [5.41, 5.74) is 0.149. The molecule has 0 bridgehead atoms. The zero-order valence-corrected chi connectivity index (χ0v) is 8.54. The standard InChI is InChI=1S/C10H18O3/c1-5-13-10(12)8(4)9(11)6-7(2)3/h7,9,11H,4-6H2,1-3H3. The fraction of sp³-hybridized carbons (Fsp3) is 0.700. The van der Waals surface area contributed by atoms with Gasteiger partial charge in [-0.2, -0.15) is 0 Å². The molecule has 0 rings (SSSR count). The van der Waals surface area contributed by atoms with E-state index in [1.165, 1.54) is 0 Å². The lowest BCUT2D eigenvalue weighted by Crippen LogP contribution is -2.20.